The van der Waals surface area contributed by atoms with Crippen LogP contribution in [0.1, 0.15) is 28.8 Å². The first-order chi connectivity index (χ1) is 16.9. The number of piperazine rings is 1. The minimum atomic E-state index is -0.859. The van der Waals surface area contributed by atoms with Gasteiger partial charge in [0.1, 0.15) is 18.3 Å². The van der Waals surface area contributed by atoms with Gasteiger partial charge in [-0.05, 0) is 100.0 Å². The Morgan fingerprint density at radius 3 is 2.29 bits per heavy atom. The third-order valence-electron chi connectivity index (χ3n) is 6.35. The largest absolute Gasteiger partial charge is 0.506 e. The van der Waals surface area contributed by atoms with E-state index in [2.05, 4.69) is 20.4 Å². The Morgan fingerprint density at radius 1 is 1.09 bits per heavy atom. The maximum Gasteiger partial charge on any atom is 0.251 e. The number of phenols is 1. The van der Waals surface area contributed by atoms with Crippen molar-refractivity contribution >= 4 is 62.7 Å². The predicted octanol–water partition coefficient (Wildman–Crippen LogP) is 2.87. The van der Waals surface area contributed by atoms with Gasteiger partial charge in [0, 0.05) is 49.9 Å². The van der Waals surface area contributed by atoms with Crippen molar-refractivity contribution in [2.24, 2.45) is 0 Å². The van der Waals surface area contributed by atoms with Gasteiger partial charge in [-0.1, -0.05) is 0 Å². The van der Waals surface area contributed by atoms with Crippen molar-refractivity contribution in [3.8, 4) is 11.8 Å². The molecule has 8 nitrogen and oxygen atoms in total. The van der Waals surface area contributed by atoms with Gasteiger partial charge in [0.05, 0.1) is 13.2 Å². The number of amides is 2. The highest BCUT2D eigenvalue weighted by atomic mass is 127. The third kappa shape index (κ3) is 6.77. The highest BCUT2D eigenvalue weighted by molar-refractivity contribution is 14.1. The topological polar surface area (TPSA) is 109 Å². The van der Waals surface area contributed by atoms with Gasteiger partial charge in [-0.2, -0.15) is 5.26 Å². The molecule has 4 rings (SSSR count). The number of nitrogens with zero attached hydrogens (tertiary/aromatic N) is 3. The first-order valence-electron chi connectivity index (χ1n) is 11.6. The van der Waals surface area contributed by atoms with Gasteiger partial charge in [0.15, 0.2) is 0 Å². The molecule has 0 unspecified atom stereocenters. The van der Waals surface area contributed by atoms with E-state index in [4.69, 9.17) is 5.26 Å². The Hall–Kier alpha value is -2.11. The highest BCUT2D eigenvalue weighted by Crippen LogP contribution is 2.29. The lowest BCUT2D eigenvalue weighted by atomic mass is 10.0. The molecule has 1 aliphatic carbocycles. The van der Waals surface area contributed by atoms with E-state index in [1.807, 2.05) is 63.4 Å². The van der Waals surface area contributed by atoms with Crippen LogP contribution < -0.4 is 15.5 Å². The number of carbonyl (C=O) groups is 2. The average Bonchev–Trinajstić information content (AvgIpc) is 3.71. The Bertz CT molecular complexity index is 1100. The van der Waals surface area contributed by atoms with Crippen molar-refractivity contribution < 1.29 is 14.7 Å². The number of rotatable bonds is 8. The second-order valence-corrected chi connectivity index (χ2v) is 11.1. The zero-order chi connectivity index (χ0) is 24.9. The van der Waals surface area contributed by atoms with Crippen LogP contribution in [0.4, 0.5) is 5.69 Å². The summed E-state index contributed by atoms with van der Waals surface area (Å²) >= 11 is 4.07. The van der Waals surface area contributed by atoms with Crippen molar-refractivity contribution in [1.29, 1.82) is 5.26 Å². The third-order valence-corrected chi connectivity index (χ3v) is 8.00. The fourth-order valence-corrected chi connectivity index (χ4v) is 6.18. The van der Waals surface area contributed by atoms with Crippen LogP contribution in [0.25, 0.3) is 0 Å². The molecule has 0 aromatic heterocycles. The summed E-state index contributed by atoms with van der Waals surface area (Å²) in [5.74, 6) is -0.586. The predicted molar refractivity (Wildman–Crippen MR) is 150 cm³/mol. The standard InChI is InChI=1S/C25H27I2N5O3/c26-20-13-16(14-21(27)23(20)33)15-22(25(35)29-8-7-28)30-24(34)17-1-3-18(4-2-17)31-9-11-32(12-10-31)19-5-6-19/h1-4,13-14,19,22,33H,5-6,8-12,15H2,(H,29,35)(H,30,34)/t22-/m0/s1. The summed E-state index contributed by atoms with van der Waals surface area (Å²) in [6.07, 6.45) is 2.88. The second-order valence-electron chi connectivity index (χ2n) is 8.82. The summed E-state index contributed by atoms with van der Waals surface area (Å²) < 4.78 is 1.33. The van der Waals surface area contributed by atoms with Crippen molar-refractivity contribution in [1.82, 2.24) is 15.5 Å². The van der Waals surface area contributed by atoms with E-state index in [0.29, 0.717) is 12.7 Å². The number of halogens is 2. The summed E-state index contributed by atoms with van der Waals surface area (Å²) in [5, 5.41) is 24.2. The molecule has 184 valence electrons. The molecule has 2 aliphatic rings. The van der Waals surface area contributed by atoms with Crippen LogP contribution in [0.2, 0.25) is 0 Å². The monoisotopic (exact) mass is 699 g/mol. The normalized spacial score (nSPS) is 16.9. The maximum atomic E-state index is 13.0. The van der Waals surface area contributed by atoms with Gasteiger partial charge < -0.3 is 20.6 Å². The SMILES string of the molecule is N#CCNC(=O)[C@H](Cc1cc(I)c(O)c(I)c1)NC(=O)c1ccc(N2CCN(C3CC3)CC2)cc1. The summed E-state index contributed by atoms with van der Waals surface area (Å²) in [6, 6.07) is 12.9. The molecule has 0 radical (unpaired) electrons. The molecule has 35 heavy (non-hydrogen) atoms. The minimum absolute atomic E-state index is 0.140. The molecule has 2 amide bonds. The number of aromatic hydroxyl groups is 1. The molecule has 3 N–H and O–H groups in total. The molecular formula is C25H27I2N5O3. The van der Waals surface area contributed by atoms with Crippen LogP contribution in [0.15, 0.2) is 36.4 Å². The fraction of sp³-hybridized carbons (Fsp3) is 0.400. The quantitative estimate of drug-likeness (QED) is 0.289. The van der Waals surface area contributed by atoms with Crippen molar-refractivity contribution in [3.63, 3.8) is 0 Å². The Morgan fingerprint density at radius 2 is 1.71 bits per heavy atom. The average molecular weight is 699 g/mol. The molecule has 0 bridgehead atoms. The zero-order valence-electron chi connectivity index (χ0n) is 19.1. The molecule has 2 aromatic carbocycles. The van der Waals surface area contributed by atoms with Gasteiger partial charge in [-0.3, -0.25) is 14.5 Å². The van der Waals surface area contributed by atoms with Crippen LogP contribution in [0.5, 0.6) is 5.75 Å². The molecule has 2 fully saturated rings. The number of nitrogens with one attached hydrogen (secondary N) is 2. The van der Waals surface area contributed by atoms with Gasteiger partial charge in [-0.15, -0.1) is 0 Å². The molecule has 1 heterocycles. The second kappa shape index (κ2) is 11.7. The van der Waals surface area contributed by atoms with E-state index >= 15 is 0 Å². The molecule has 1 saturated carbocycles. The maximum absolute atomic E-state index is 13.0. The summed E-state index contributed by atoms with van der Waals surface area (Å²) in [7, 11) is 0. The van der Waals surface area contributed by atoms with Crippen LogP contribution in [-0.4, -0.2) is 66.6 Å². The highest BCUT2D eigenvalue weighted by Gasteiger charge is 2.31. The summed E-state index contributed by atoms with van der Waals surface area (Å²) in [5.41, 5.74) is 2.36. The smallest absolute Gasteiger partial charge is 0.251 e. The Kier molecular flexibility index (Phi) is 8.72. The number of phenolic OH excluding ortho intramolecular Hbond substituents is 1. The minimum Gasteiger partial charge on any atom is -0.506 e. The number of hydrogen-bond acceptors (Lipinski definition) is 6. The number of hydrogen-bond donors (Lipinski definition) is 3. The van der Waals surface area contributed by atoms with E-state index in [-0.39, 0.29) is 24.6 Å². The van der Waals surface area contributed by atoms with Crippen LogP contribution in [0, 0.1) is 18.5 Å². The van der Waals surface area contributed by atoms with E-state index in [1.54, 1.807) is 24.3 Å². The first kappa shape index (κ1) is 26.0. The lowest BCUT2D eigenvalue weighted by molar-refractivity contribution is -0.122. The molecule has 1 aliphatic heterocycles. The first-order valence-corrected chi connectivity index (χ1v) is 13.7. The van der Waals surface area contributed by atoms with Crippen molar-refractivity contribution in [3.05, 3.63) is 54.7 Å². The van der Waals surface area contributed by atoms with Gasteiger partial charge in [-0.25, -0.2) is 0 Å². The van der Waals surface area contributed by atoms with E-state index in [1.165, 1.54) is 12.8 Å². The molecule has 10 heteroatoms. The summed E-state index contributed by atoms with van der Waals surface area (Å²) in [4.78, 5) is 30.6. The molecule has 1 saturated heterocycles. The van der Waals surface area contributed by atoms with E-state index < -0.39 is 11.9 Å². The molecule has 2 aromatic rings. The number of anilines is 1. The van der Waals surface area contributed by atoms with Crippen molar-refractivity contribution in [2.45, 2.75) is 31.3 Å². The Labute approximate surface area is 232 Å². The number of carbonyl (C=O) groups excluding carboxylic acids is 2. The van der Waals surface area contributed by atoms with E-state index in [0.717, 1.165) is 43.5 Å². The van der Waals surface area contributed by atoms with Crippen LogP contribution >= 0.6 is 45.2 Å². The van der Waals surface area contributed by atoms with Gasteiger partial charge >= 0.3 is 0 Å². The fourth-order valence-electron chi connectivity index (χ4n) is 4.28. The van der Waals surface area contributed by atoms with Crippen molar-refractivity contribution in [2.75, 3.05) is 37.6 Å². The lowest BCUT2D eigenvalue weighted by Crippen LogP contribution is -2.48. The van der Waals surface area contributed by atoms with E-state index in [9.17, 15) is 14.7 Å². The molecule has 1 atom stereocenters. The lowest BCUT2D eigenvalue weighted by Gasteiger charge is -2.36. The molecule has 0 spiro atoms. The summed E-state index contributed by atoms with van der Waals surface area (Å²) in [6.45, 7) is 3.96. The van der Waals surface area contributed by atoms with Crippen LogP contribution in [-0.2, 0) is 11.2 Å². The molecular weight excluding hydrogens is 672 g/mol. The van der Waals surface area contributed by atoms with Crippen LogP contribution in [0.3, 0.4) is 0 Å². The zero-order valence-corrected chi connectivity index (χ0v) is 23.5. The number of nitriles is 1. The van der Waals surface area contributed by atoms with Gasteiger partial charge in [0.2, 0.25) is 5.91 Å². The Balaban J connectivity index is 1.42. The van der Waals surface area contributed by atoms with Gasteiger partial charge in [0.25, 0.3) is 5.91 Å². The number of benzene rings is 2.